The largest absolute Gasteiger partial charge is 0.459 e. The van der Waals surface area contributed by atoms with Crippen molar-refractivity contribution in [3.05, 3.63) is 76.0 Å². The van der Waals surface area contributed by atoms with Crippen LogP contribution in [-0.2, 0) is 12.8 Å². The number of rotatable bonds is 8. The molecule has 0 bridgehead atoms. The fourth-order valence-corrected chi connectivity index (χ4v) is 3.84. The lowest BCUT2D eigenvalue weighted by Crippen LogP contribution is -2.49. The number of amides is 1. The van der Waals surface area contributed by atoms with E-state index in [0.717, 1.165) is 12.0 Å². The van der Waals surface area contributed by atoms with Crippen molar-refractivity contribution in [2.45, 2.75) is 19.8 Å². The quantitative estimate of drug-likeness (QED) is 0.411. The van der Waals surface area contributed by atoms with Crippen LogP contribution in [0.4, 0.5) is 17.3 Å². The van der Waals surface area contributed by atoms with E-state index in [2.05, 4.69) is 46.5 Å². The molecule has 1 fully saturated rings. The first-order chi connectivity index (χ1) is 16.1. The Bertz CT molecular complexity index is 1090. The smallest absolute Gasteiger partial charge is 0.353 e. The summed E-state index contributed by atoms with van der Waals surface area (Å²) in [4.78, 5) is 35.7. The summed E-state index contributed by atoms with van der Waals surface area (Å²) in [5.74, 6) is 0.553. The summed E-state index contributed by atoms with van der Waals surface area (Å²) in [6.45, 7) is 4.29. The van der Waals surface area contributed by atoms with Crippen molar-refractivity contribution in [2.75, 3.05) is 42.9 Å². The van der Waals surface area contributed by atoms with E-state index in [0.29, 0.717) is 39.1 Å². The van der Waals surface area contributed by atoms with Gasteiger partial charge in [0.15, 0.2) is 5.76 Å². The van der Waals surface area contributed by atoms with Gasteiger partial charge in [-0.05, 0) is 36.1 Å². The zero-order chi connectivity index (χ0) is 23.2. The normalized spacial score (nSPS) is 13.7. The molecule has 33 heavy (non-hydrogen) atoms. The highest BCUT2D eigenvalue weighted by Crippen LogP contribution is 2.32. The lowest BCUT2D eigenvalue weighted by atomic mass is 10.1. The van der Waals surface area contributed by atoms with Gasteiger partial charge in [0.05, 0.1) is 11.2 Å². The summed E-state index contributed by atoms with van der Waals surface area (Å²) in [6.07, 6.45) is 4.50. The number of hydrogen-bond donors (Lipinski definition) is 1. The minimum absolute atomic E-state index is 0.148. The zero-order valence-corrected chi connectivity index (χ0v) is 18.4. The highest BCUT2D eigenvalue weighted by molar-refractivity contribution is 5.91. The molecule has 1 saturated heterocycles. The summed E-state index contributed by atoms with van der Waals surface area (Å²) in [7, 11) is 0. The van der Waals surface area contributed by atoms with Gasteiger partial charge in [-0.1, -0.05) is 31.2 Å². The van der Waals surface area contributed by atoms with Gasteiger partial charge in [0.1, 0.15) is 6.33 Å². The summed E-state index contributed by atoms with van der Waals surface area (Å²) in [5.41, 5.74) is 2.27. The van der Waals surface area contributed by atoms with Crippen LogP contribution < -0.4 is 10.2 Å². The van der Waals surface area contributed by atoms with Crippen molar-refractivity contribution >= 4 is 23.2 Å². The van der Waals surface area contributed by atoms with Crippen molar-refractivity contribution in [3.8, 4) is 0 Å². The first kappa shape index (κ1) is 22.3. The molecule has 1 N–H and O–H groups in total. The molecule has 1 aliphatic heterocycles. The molecule has 0 unspecified atom stereocenters. The van der Waals surface area contributed by atoms with Crippen LogP contribution in [0.2, 0.25) is 0 Å². The SMILES string of the molecule is CCc1ccc(CCNc2ncnc(N3CCN(C(=O)c4ccco4)CC3)c2[N+](=O)[O-])cc1. The van der Waals surface area contributed by atoms with Gasteiger partial charge < -0.3 is 19.5 Å². The van der Waals surface area contributed by atoms with E-state index in [1.807, 2.05) is 4.90 Å². The number of nitrogens with one attached hydrogen (secondary N) is 1. The van der Waals surface area contributed by atoms with Gasteiger partial charge in [-0.2, -0.15) is 0 Å². The molecule has 0 spiro atoms. The van der Waals surface area contributed by atoms with Crippen molar-refractivity contribution < 1.29 is 14.1 Å². The second-order valence-corrected chi connectivity index (χ2v) is 7.75. The van der Waals surface area contributed by atoms with Gasteiger partial charge in [0.25, 0.3) is 5.91 Å². The first-order valence-electron chi connectivity index (χ1n) is 11.0. The van der Waals surface area contributed by atoms with Gasteiger partial charge in [0.2, 0.25) is 11.6 Å². The fraction of sp³-hybridized carbons (Fsp3) is 0.348. The second-order valence-electron chi connectivity index (χ2n) is 7.75. The van der Waals surface area contributed by atoms with E-state index in [9.17, 15) is 14.9 Å². The number of hydrogen-bond acceptors (Lipinski definition) is 8. The van der Waals surface area contributed by atoms with Gasteiger partial charge >= 0.3 is 5.69 Å². The summed E-state index contributed by atoms with van der Waals surface area (Å²) in [6, 6.07) is 11.6. The highest BCUT2D eigenvalue weighted by atomic mass is 16.6. The minimum Gasteiger partial charge on any atom is -0.459 e. The molecule has 0 saturated carbocycles. The van der Waals surface area contributed by atoms with Crippen LogP contribution in [0.25, 0.3) is 0 Å². The molecule has 0 aliphatic carbocycles. The maximum atomic E-state index is 12.5. The van der Waals surface area contributed by atoms with Crippen molar-refractivity contribution in [3.63, 3.8) is 0 Å². The summed E-state index contributed by atoms with van der Waals surface area (Å²) >= 11 is 0. The number of carbonyl (C=O) groups excluding carboxylic acids is 1. The molecule has 0 radical (unpaired) electrons. The number of nitrogens with zero attached hydrogens (tertiary/aromatic N) is 5. The van der Waals surface area contributed by atoms with Crippen LogP contribution in [0, 0.1) is 10.1 Å². The van der Waals surface area contributed by atoms with Gasteiger partial charge in [-0.15, -0.1) is 0 Å². The Kier molecular flexibility index (Phi) is 6.82. The molecule has 1 amide bonds. The van der Waals surface area contributed by atoms with Crippen LogP contribution in [-0.4, -0.2) is 58.4 Å². The first-order valence-corrected chi connectivity index (χ1v) is 11.0. The molecule has 4 rings (SSSR count). The molecule has 2 aromatic heterocycles. The summed E-state index contributed by atoms with van der Waals surface area (Å²) < 4.78 is 5.18. The Labute approximate surface area is 191 Å². The minimum atomic E-state index is -0.450. The van der Waals surface area contributed by atoms with Gasteiger partial charge in [0, 0.05) is 32.7 Å². The fourth-order valence-electron chi connectivity index (χ4n) is 3.84. The van der Waals surface area contributed by atoms with E-state index in [1.54, 1.807) is 17.0 Å². The third kappa shape index (κ3) is 5.11. The monoisotopic (exact) mass is 450 g/mol. The van der Waals surface area contributed by atoms with Gasteiger partial charge in [-0.3, -0.25) is 14.9 Å². The predicted octanol–water partition coefficient (Wildman–Crippen LogP) is 3.16. The number of anilines is 2. The molecule has 1 aliphatic rings. The highest BCUT2D eigenvalue weighted by Gasteiger charge is 2.31. The maximum Gasteiger partial charge on any atom is 0.353 e. The van der Waals surface area contributed by atoms with E-state index in [1.165, 1.54) is 18.2 Å². The molecule has 3 heterocycles. The van der Waals surface area contributed by atoms with Crippen molar-refractivity contribution in [2.24, 2.45) is 0 Å². The lowest BCUT2D eigenvalue weighted by molar-refractivity contribution is -0.383. The van der Waals surface area contributed by atoms with Crippen LogP contribution in [0.5, 0.6) is 0 Å². The Morgan fingerprint density at radius 3 is 2.48 bits per heavy atom. The van der Waals surface area contributed by atoms with E-state index in [4.69, 9.17) is 4.42 Å². The average molecular weight is 450 g/mol. The Morgan fingerprint density at radius 2 is 1.85 bits per heavy atom. The maximum absolute atomic E-state index is 12.5. The summed E-state index contributed by atoms with van der Waals surface area (Å²) in [5, 5.41) is 15.0. The van der Waals surface area contributed by atoms with Crippen LogP contribution in [0.3, 0.4) is 0 Å². The van der Waals surface area contributed by atoms with Gasteiger partial charge in [-0.25, -0.2) is 9.97 Å². The number of nitro groups is 1. The second kappa shape index (κ2) is 10.1. The Hall–Kier alpha value is -3.95. The molecule has 172 valence electrons. The number of benzene rings is 1. The third-order valence-corrected chi connectivity index (χ3v) is 5.72. The average Bonchev–Trinajstić information content (AvgIpc) is 3.39. The third-order valence-electron chi connectivity index (χ3n) is 5.72. The molecule has 3 aromatic rings. The van der Waals surface area contributed by atoms with Crippen molar-refractivity contribution in [1.82, 2.24) is 14.9 Å². The topological polar surface area (TPSA) is 118 Å². The number of carbonyl (C=O) groups is 1. The lowest BCUT2D eigenvalue weighted by Gasteiger charge is -2.34. The Morgan fingerprint density at radius 1 is 1.12 bits per heavy atom. The van der Waals surface area contributed by atoms with Crippen LogP contribution in [0.1, 0.15) is 28.6 Å². The van der Waals surface area contributed by atoms with E-state index in [-0.39, 0.29) is 29.0 Å². The number of piperazine rings is 1. The Balaban J connectivity index is 1.42. The molecular weight excluding hydrogens is 424 g/mol. The van der Waals surface area contributed by atoms with Crippen molar-refractivity contribution in [1.29, 1.82) is 0 Å². The standard InChI is InChI=1S/C23H26N6O4/c1-2-17-5-7-18(8-6-17)9-10-24-21-20(29(31)32)22(26-16-25-21)27-11-13-28(14-12-27)23(30)19-4-3-15-33-19/h3-8,15-16H,2,9-14H2,1H3,(H,24,25,26). The van der Waals surface area contributed by atoms with E-state index >= 15 is 0 Å². The molecule has 10 nitrogen and oxygen atoms in total. The molecule has 1 aromatic carbocycles. The number of aromatic nitrogens is 2. The number of furan rings is 1. The molecule has 0 atom stereocenters. The van der Waals surface area contributed by atoms with Crippen LogP contribution >= 0.6 is 0 Å². The molecule has 10 heteroatoms. The molecular formula is C23H26N6O4. The van der Waals surface area contributed by atoms with E-state index < -0.39 is 4.92 Å². The zero-order valence-electron chi connectivity index (χ0n) is 18.4. The predicted molar refractivity (Wildman–Crippen MR) is 124 cm³/mol. The van der Waals surface area contributed by atoms with Crippen LogP contribution in [0.15, 0.2) is 53.4 Å². The number of aryl methyl sites for hydroxylation is 1.